The Labute approximate surface area is 150 Å². The Kier molecular flexibility index (Phi) is 10.7. The number of hydrogen-bond donors (Lipinski definition) is 0. The van der Waals surface area contributed by atoms with E-state index in [4.69, 9.17) is 23.7 Å². The molecule has 0 aromatic heterocycles. The van der Waals surface area contributed by atoms with Crippen molar-refractivity contribution in [2.45, 2.75) is 84.4 Å². The van der Waals surface area contributed by atoms with Gasteiger partial charge in [-0.3, -0.25) is 9.59 Å². The number of carbonyl (C=O) groups excluding carboxylic acids is 2. The van der Waals surface area contributed by atoms with Crippen LogP contribution in [0.5, 0.6) is 0 Å². The van der Waals surface area contributed by atoms with Crippen LogP contribution in [0.15, 0.2) is 0 Å². The van der Waals surface area contributed by atoms with Gasteiger partial charge >= 0.3 is 11.9 Å². The first-order valence-electron chi connectivity index (χ1n) is 9.17. The molecule has 0 radical (unpaired) electrons. The molecule has 0 spiro atoms. The van der Waals surface area contributed by atoms with Crippen molar-refractivity contribution in [3.63, 3.8) is 0 Å². The lowest BCUT2D eigenvalue weighted by Gasteiger charge is -2.40. The van der Waals surface area contributed by atoms with Crippen molar-refractivity contribution in [2.75, 3.05) is 19.8 Å². The number of ether oxygens (including phenoxy) is 5. The van der Waals surface area contributed by atoms with E-state index in [0.29, 0.717) is 19.8 Å². The molecule has 7 nitrogen and oxygen atoms in total. The van der Waals surface area contributed by atoms with E-state index in [0.717, 1.165) is 25.7 Å². The Balaban J connectivity index is 2.78. The molecule has 4 atom stereocenters. The quantitative estimate of drug-likeness (QED) is 0.414. The zero-order valence-corrected chi connectivity index (χ0v) is 15.8. The standard InChI is InChI=1S/C18H32O7/c1-5-7-9-21-12-16-18(22-10-8-6-2)15(23-13(3)19)11-17(25-16)24-14(4)20/h15-18H,5-12H2,1-4H3. The molecule has 0 saturated carbocycles. The van der Waals surface area contributed by atoms with E-state index in [1.54, 1.807) is 0 Å². The molecule has 0 aliphatic carbocycles. The fraction of sp³-hybridized carbons (Fsp3) is 0.889. The summed E-state index contributed by atoms with van der Waals surface area (Å²) in [5, 5.41) is 0. The largest absolute Gasteiger partial charge is 0.459 e. The van der Waals surface area contributed by atoms with Crippen molar-refractivity contribution in [3.8, 4) is 0 Å². The predicted molar refractivity (Wildman–Crippen MR) is 91.0 cm³/mol. The summed E-state index contributed by atoms with van der Waals surface area (Å²) in [6.45, 7) is 8.30. The van der Waals surface area contributed by atoms with Crippen molar-refractivity contribution in [1.29, 1.82) is 0 Å². The van der Waals surface area contributed by atoms with Crippen LogP contribution >= 0.6 is 0 Å². The maximum absolute atomic E-state index is 11.5. The van der Waals surface area contributed by atoms with Crippen LogP contribution in [0, 0.1) is 0 Å². The van der Waals surface area contributed by atoms with Crippen molar-refractivity contribution in [3.05, 3.63) is 0 Å². The van der Waals surface area contributed by atoms with Crippen molar-refractivity contribution < 1.29 is 33.3 Å². The summed E-state index contributed by atoms with van der Waals surface area (Å²) in [6, 6.07) is 0. The molecule has 0 aromatic rings. The van der Waals surface area contributed by atoms with Gasteiger partial charge in [0.25, 0.3) is 0 Å². The molecule has 1 heterocycles. The average Bonchev–Trinajstić information content (AvgIpc) is 2.52. The Morgan fingerprint density at radius 2 is 1.64 bits per heavy atom. The van der Waals surface area contributed by atoms with E-state index in [1.807, 2.05) is 0 Å². The molecular weight excluding hydrogens is 328 g/mol. The van der Waals surface area contributed by atoms with Crippen LogP contribution in [0.1, 0.15) is 59.8 Å². The molecule has 0 aromatic carbocycles. The van der Waals surface area contributed by atoms with Gasteiger partial charge in [0.05, 0.1) is 13.0 Å². The van der Waals surface area contributed by atoms with E-state index >= 15 is 0 Å². The van der Waals surface area contributed by atoms with Crippen molar-refractivity contribution in [2.24, 2.45) is 0 Å². The highest BCUT2D eigenvalue weighted by atomic mass is 16.7. The maximum atomic E-state index is 11.5. The van der Waals surface area contributed by atoms with Crippen LogP contribution in [-0.4, -0.2) is 56.4 Å². The fourth-order valence-corrected chi connectivity index (χ4v) is 2.64. The molecule has 1 rings (SSSR count). The first-order valence-corrected chi connectivity index (χ1v) is 9.17. The molecule has 25 heavy (non-hydrogen) atoms. The third-order valence-electron chi connectivity index (χ3n) is 3.83. The summed E-state index contributed by atoms with van der Waals surface area (Å²) in [5.41, 5.74) is 0. The molecule has 1 aliphatic rings. The van der Waals surface area contributed by atoms with Gasteiger partial charge in [-0.15, -0.1) is 0 Å². The van der Waals surface area contributed by atoms with Gasteiger partial charge in [0.15, 0.2) is 0 Å². The van der Waals surface area contributed by atoms with E-state index in [1.165, 1.54) is 13.8 Å². The summed E-state index contributed by atoms with van der Waals surface area (Å²) in [4.78, 5) is 22.7. The van der Waals surface area contributed by atoms with Gasteiger partial charge in [-0.05, 0) is 12.8 Å². The summed E-state index contributed by atoms with van der Waals surface area (Å²) in [7, 11) is 0. The van der Waals surface area contributed by atoms with Gasteiger partial charge < -0.3 is 23.7 Å². The second-order valence-electron chi connectivity index (χ2n) is 6.21. The molecule has 0 bridgehead atoms. The number of hydrogen-bond acceptors (Lipinski definition) is 7. The molecule has 0 N–H and O–H groups in total. The third-order valence-corrected chi connectivity index (χ3v) is 3.83. The van der Waals surface area contributed by atoms with Gasteiger partial charge in [-0.25, -0.2) is 0 Å². The summed E-state index contributed by atoms with van der Waals surface area (Å²) in [5.74, 6) is -0.842. The van der Waals surface area contributed by atoms with Crippen LogP contribution in [-0.2, 0) is 33.3 Å². The first kappa shape index (κ1) is 21.9. The molecule has 7 heteroatoms. The van der Waals surface area contributed by atoms with Crippen LogP contribution < -0.4 is 0 Å². The fourth-order valence-electron chi connectivity index (χ4n) is 2.64. The molecule has 1 fully saturated rings. The zero-order chi connectivity index (χ0) is 18.7. The first-order chi connectivity index (χ1) is 12.0. The number of unbranched alkanes of at least 4 members (excludes halogenated alkanes) is 2. The number of esters is 2. The summed E-state index contributed by atoms with van der Waals surface area (Å²) >= 11 is 0. The number of rotatable bonds is 11. The Hall–Kier alpha value is -1.18. The SMILES string of the molecule is CCCCOCC1OC(OC(C)=O)CC(OC(C)=O)C1OCCCC. The van der Waals surface area contributed by atoms with E-state index in [-0.39, 0.29) is 6.42 Å². The highest BCUT2D eigenvalue weighted by Crippen LogP contribution is 2.27. The molecule has 0 amide bonds. The average molecular weight is 360 g/mol. The molecule has 1 aliphatic heterocycles. The Morgan fingerprint density at radius 1 is 1.00 bits per heavy atom. The van der Waals surface area contributed by atoms with Crippen LogP contribution in [0.2, 0.25) is 0 Å². The lowest BCUT2D eigenvalue weighted by molar-refractivity contribution is -0.264. The van der Waals surface area contributed by atoms with Crippen LogP contribution in [0.25, 0.3) is 0 Å². The minimum Gasteiger partial charge on any atom is -0.459 e. The smallest absolute Gasteiger partial charge is 0.304 e. The normalized spacial score (nSPS) is 26.2. The summed E-state index contributed by atoms with van der Waals surface area (Å²) in [6.07, 6.45) is 1.93. The predicted octanol–water partition coefficient (Wildman–Crippen LogP) is 2.60. The van der Waals surface area contributed by atoms with Crippen molar-refractivity contribution in [1.82, 2.24) is 0 Å². The zero-order valence-electron chi connectivity index (χ0n) is 15.8. The Morgan fingerprint density at radius 3 is 2.24 bits per heavy atom. The lowest BCUT2D eigenvalue weighted by Crippen LogP contribution is -2.54. The van der Waals surface area contributed by atoms with E-state index in [9.17, 15) is 9.59 Å². The summed E-state index contributed by atoms with van der Waals surface area (Å²) < 4.78 is 28.0. The topological polar surface area (TPSA) is 80.3 Å². The minimum absolute atomic E-state index is 0.251. The minimum atomic E-state index is -0.771. The van der Waals surface area contributed by atoms with Gasteiger partial charge in [-0.2, -0.15) is 0 Å². The maximum Gasteiger partial charge on any atom is 0.304 e. The van der Waals surface area contributed by atoms with Crippen LogP contribution in [0.4, 0.5) is 0 Å². The van der Waals surface area contributed by atoms with E-state index in [2.05, 4.69) is 13.8 Å². The second kappa shape index (κ2) is 12.2. The van der Waals surface area contributed by atoms with Gasteiger partial charge in [0.2, 0.25) is 6.29 Å². The van der Waals surface area contributed by atoms with Crippen LogP contribution in [0.3, 0.4) is 0 Å². The second-order valence-corrected chi connectivity index (χ2v) is 6.21. The highest BCUT2D eigenvalue weighted by molar-refractivity contribution is 5.66. The molecule has 146 valence electrons. The molecule has 4 unspecified atom stereocenters. The lowest BCUT2D eigenvalue weighted by atomic mass is 10.0. The molecular formula is C18H32O7. The van der Waals surface area contributed by atoms with E-state index < -0.39 is 36.5 Å². The van der Waals surface area contributed by atoms with Gasteiger partial charge in [-0.1, -0.05) is 26.7 Å². The van der Waals surface area contributed by atoms with Gasteiger partial charge in [0, 0.05) is 27.1 Å². The van der Waals surface area contributed by atoms with Gasteiger partial charge in [0.1, 0.15) is 18.3 Å². The number of carbonyl (C=O) groups is 2. The third kappa shape index (κ3) is 8.65. The highest BCUT2D eigenvalue weighted by Gasteiger charge is 2.42. The monoisotopic (exact) mass is 360 g/mol. The Bertz CT molecular complexity index is 399. The molecule has 1 saturated heterocycles. The van der Waals surface area contributed by atoms with Crippen molar-refractivity contribution >= 4 is 11.9 Å².